The third-order valence-corrected chi connectivity index (χ3v) is 4.33. The maximum atomic E-state index is 12.5. The van der Waals surface area contributed by atoms with E-state index in [0.717, 1.165) is 6.42 Å². The SMILES string of the molecule is NCCC[C@H](N)C(=O)N1CCC[C@H]1C(=O)N[C@H](C=O)CCCN=C(N)N. The molecular formula is C16H31N7O3. The fourth-order valence-corrected chi connectivity index (χ4v) is 2.95. The summed E-state index contributed by atoms with van der Waals surface area (Å²) < 4.78 is 0. The standard InChI is InChI=1S/C16H31N7O3/c17-7-1-5-12(18)15(26)23-9-3-6-13(23)14(25)22-11(10-24)4-2-8-21-16(19)20/h10-13H,1-9,17-18H2,(H,22,25)(H4,19,20,21)/t11-,12-,13-/m0/s1. The first kappa shape index (κ1) is 21.8. The average Bonchev–Trinajstić information content (AvgIpc) is 3.10. The van der Waals surface area contributed by atoms with E-state index >= 15 is 0 Å². The van der Waals surface area contributed by atoms with Crippen molar-refractivity contribution >= 4 is 24.1 Å². The molecule has 0 aromatic rings. The summed E-state index contributed by atoms with van der Waals surface area (Å²) in [5, 5.41) is 2.69. The Kier molecular flexibility index (Phi) is 9.60. The third kappa shape index (κ3) is 6.96. The molecule has 26 heavy (non-hydrogen) atoms. The minimum absolute atomic E-state index is 0.0113. The van der Waals surface area contributed by atoms with Crippen LogP contribution < -0.4 is 28.3 Å². The fraction of sp³-hybridized carbons (Fsp3) is 0.750. The van der Waals surface area contributed by atoms with Gasteiger partial charge in [0.15, 0.2) is 5.96 Å². The number of aldehydes is 1. The molecule has 0 aromatic heterocycles. The molecule has 9 N–H and O–H groups in total. The Balaban J connectivity index is 2.56. The van der Waals surface area contributed by atoms with Gasteiger partial charge >= 0.3 is 0 Å². The number of guanidine groups is 1. The van der Waals surface area contributed by atoms with Crippen LogP contribution in [0.4, 0.5) is 0 Å². The molecule has 148 valence electrons. The van der Waals surface area contributed by atoms with Crippen LogP contribution >= 0.6 is 0 Å². The second-order valence-electron chi connectivity index (χ2n) is 6.43. The highest BCUT2D eigenvalue weighted by atomic mass is 16.2. The number of carbonyl (C=O) groups is 3. The summed E-state index contributed by atoms with van der Waals surface area (Å²) in [6, 6.07) is -1.89. The Hall–Kier alpha value is -2.20. The molecule has 0 aliphatic carbocycles. The van der Waals surface area contributed by atoms with Crippen LogP contribution in [-0.4, -0.2) is 66.7 Å². The monoisotopic (exact) mass is 369 g/mol. The molecule has 1 fully saturated rings. The second kappa shape index (κ2) is 11.4. The van der Waals surface area contributed by atoms with Gasteiger partial charge in [-0.05, 0) is 45.1 Å². The lowest BCUT2D eigenvalue weighted by Crippen LogP contribution is -2.53. The van der Waals surface area contributed by atoms with E-state index in [9.17, 15) is 14.4 Å². The van der Waals surface area contributed by atoms with Gasteiger partial charge in [0, 0.05) is 13.1 Å². The highest BCUT2D eigenvalue weighted by molar-refractivity contribution is 5.91. The lowest BCUT2D eigenvalue weighted by Gasteiger charge is -2.27. The fourth-order valence-electron chi connectivity index (χ4n) is 2.95. The molecule has 0 unspecified atom stereocenters. The van der Waals surface area contributed by atoms with Crippen molar-refractivity contribution in [2.45, 2.75) is 56.7 Å². The molecule has 0 aromatic carbocycles. The van der Waals surface area contributed by atoms with Gasteiger partial charge in [-0.15, -0.1) is 0 Å². The van der Waals surface area contributed by atoms with Crippen LogP contribution in [0.15, 0.2) is 4.99 Å². The molecule has 1 saturated heterocycles. The van der Waals surface area contributed by atoms with Crippen molar-refractivity contribution in [3.05, 3.63) is 0 Å². The summed E-state index contributed by atoms with van der Waals surface area (Å²) in [5.41, 5.74) is 21.8. The van der Waals surface area contributed by atoms with Gasteiger partial charge in [-0.1, -0.05) is 0 Å². The molecule has 0 bridgehead atoms. The lowest BCUT2D eigenvalue weighted by atomic mass is 10.1. The predicted molar refractivity (Wildman–Crippen MR) is 98.9 cm³/mol. The van der Waals surface area contributed by atoms with Crippen LogP contribution in [0.3, 0.4) is 0 Å². The molecule has 1 heterocycles. The number of carbonyl (C=O) groups excluding carboxylic acids is 3. The Morgan fingerprint density at radius 1 is 1.27 bits per heavy atom. The predicted octanol–water partition coefficient (Wildman–Crippen LogP) is -2.22. The third-order valence-electron chi connectivity index (χ3n) is 4.33. The summed E-state index contributed by atoms with van der Waals surface area (Å²) in [7, 11) is 0. The van der Waals surface area contributed by atoms with Gasteiger partial charge in [-0.2, -0.15) is 0 Å². The Labute approximate surface area is 153 Å². The maximum Gasteiger partial charge on any atom is 0.243 e. The van der Waals surface area contributed by atoms with E-state index in [1.54, 1.807) is 0 Å². The maximum absolute atomic E-state index is 12.5. The van der Waals surface area contributed by atoms with Crippen molar-refractivity contribution in [3.63, 3.8) is 0 Å². The number of likely N-dealkylation sites (tertiary alicyclic amines) is 1. The topological polar surface area (TPSA) is 183 Å². The zero-order chi connectivity index (χ0) is 19.5. The molecule has 0 radical (unpaired) electrons. The molecule has 3 atom stereocenters. The van der Waals surface area contributed by atoms with Gasteiger partial charge < -0.3 is 37.9 Å². The van der Waals surface area contributed by atoms with Crippen LogP contribution in [0.1, 0.15) is 38.5 Å². The van der Waals surface area contributed by atoms with Crippen molar-refractivity contribution < 1.29 is 14.4 Å². The van der Waals surface area contributed by atoms with Gasteiger partial charge in [0.25, 0.3) is 0 Å². The first-order chi connectivity index (χ1) is 12.4. The van der Waals surface area contributed by atoms with Gasteiger partial charge in [-0.25, -0.2) is 0 Å². The molecule has 10 nitrogen and oxygen atoms in total. The number of nitrogens with zero attached hydrogens (tertiary/aromatic N) is 2. The average molecular weight is 369 g/mol. The minimum atomic E-state index is -0.659. The molecule has 10 heteroatoms. The zero-order valence-electron chi connectivity index (χ0n) is 15.1. The normalized spacial score (nSPS) is 18.8. The summed E-state index contributed by atoms with van der Waals surface area (Å²) in [6.45, 7) is 1.34. The molecular weight excluding hydrogens is 338 g/mol. The van der Waals surface area contributed by atoms with E-state index in [0.29, 0.717) is 58.0 Å². The van der Waals surface area contributed by atoms with Crippen LogP contribution in [-0.2, 0) is 14.4 Å². The Bertz CT molecular complexity index is 508. The highest BCUT2D eigenvalue weighted by Gasteiger charge is 2.36. The lowest BCUT2D eigenvalue weighted by molar-refractivity contribution is -0.140. The molecule has 1 rings (SSSR count). The summed E-state index contributed by atoms with van der Waals surface area (Å²) in [4.78, 5) is 41.5. The summed E-state index contributed by atoms with van der Waals surface area (Å²) >= 11 is 0. The van der Waals surface area contributed by atoms with Crippen LogP contribution in [0.5, 0.6) is 0 Å². The van der Waals surface area contributed by atoms with E-state index in [4.69, 9.17) is 22.9 Å². The summed E-state index contributed by atoms with van der Waals surface area (Å²) in [6.07, 6.45) is 4.08. The van der Waals surface area contributed by atoms with Crippen molar-refractivity contribution in [2.24, 2.45) is 27.9 Å². The van der Waals surface area contributed by atoms with E-state index in [1.807, 2.05) is 0 Å². The quantitative estimate of drug-likeness (QED) is 0.118. The van der Waals surface area contributed by atoms with Crippen LogP contribution in [0, 0.1) is 0 Å². The number of hydrogen-bond donors (Lipinski definition) is 5. The molecule has 2 amide bonds. The first-order valence-electron chi connectivity index (χ1n) is 8.97. The first-order valence-corrected chi connectivity index (χ1v) is 8.97. The van der Waals surface area contributed by atoms with E-state index < -0.39 is 18.1 Å². The Morgan fingerprint density at radius 2 is 2.00 bits per heavy atom. The smallest absolute Gasteiger partial charge is 0.243 e. The van der Waals surface area contributed by atoms with Gasteiger partial charge in [0.1, 0.15) is 12.3 Å². The van der Waals surface area contributed by atoms with Gasteiger partial charge in [0.2, 0.25) is 11.8 Å². The molecule has 1 aliphatic heterocycles. The van der Waals surface area contributed by atoms with Crippen LogP contribution in [0.2, 0.25) is 0 Å². The van der Waals surface area contributed by atoms with Crippen LogP contribution in [0.25, 0.3) is 0 Å². The van der Waals surface area contributed by atoms with E-state index in [2.05, 4.69) is 10.3 Å². The largest absolute Gasteiger partial charge is 0.370 e. The van der Waals surface area contributed by atoms with E-state index in [1.165, 1.54) is 4.90 Å². The number of hydrogen-bond acceptors (Lipinski definition) is 6. The number of aliphatic imine (C=N–C) groups is 1. The summed E-state index contributed by atoms with van der Waals surface area (Å²) in [5.74, 6) is -0.588. The van der Waals surface area contributed by atoms with Crippen molar-refractivity contribution in [3.8, 4) is 0 Å². The van der Waals surface area contributed by atoms with Crippen molar-refractivity contribution in [1.29, 1.82) is 0 Å². The Morgan fingerprint density at radius 3 is 2.62 bits per heavy atom. The number of rotatable bonds is 11. The molecule has 0 saturated carbocycles. The van der Waals surface area contributed by atoms with Crippen molar-refractivity contribution in [2.75, 3.05) is 19.6 Å². The minimum Gasteiger partial charge on any atom is -0.370 e. The number of amides is 2. The molecule has 1 aliphatic rings. The highest BCUT2D eigenvalue weighted by Crippen LogP contribution is 2.19. The van der Waals surface area contributed by atoms with Gasteiger partial charge in [0.05, 0.1) is 12.1 Å². The second-order valence-corrected chi connectivity index (χ2v) is 6.43. The molecule has 0 spiro atoms. The number of nitrogens with one attached hydrogen (secondary N) is 1. The van der Waals surface area contributed by atoms with Gasteiger partial charge in [-0.3, -0.25) is 14.6 Å². The van der Waals surface area contributed by atoms with E-state index in [-0.39, 0.29) is 17.8 Å². The zero-order valence-corrected chi connectivity index (χ0v) is 15.1. The van der Waals surface area contributed by atoms with Crippen molar-refractivity contribution in [1.82, 2.24) is 10.2 Å². The number of nitrogens with two attached hydrogens (primary N) is 4.